The van der Waals surface area contributed by atoms with Crippen molar-refractivity contribution in [3.05, 3.63) is 47.8 Å². The third-order valence-electron chi connectivity index (χ3n) is 3.01. The SMILES string of the molecule is CC1=CC2=CN(C)CN2c2ccccc21. The van der Waals surface area contributed by atoms with Crippen molar-refractivity contribution in [2.24, 2.45) is 0 Å². The van der Waals surface area contributed by atoms with Crippen molar-refractivity contribution >= 4 is 11.3 Å². The standard InChI is InChI=1S/C13H14N2/c1-10-7-11-8-14(2)9-15(11)13-6-4-3-5-12(10)13/h3-8H,9H2,1-2H3. The fourth-order valence-electron chi connectivity index (χ4n) is 2.31. The smallest absolute Gasteiger partial charge is 0.0945 e. The first-order chi connectivity index (χ1) is 7.25. The maximum atomic E-state index is 2.35. The van der Waals surface area contributed by atoms with Gasteiger partial charge in [-0.1, -0.05) is 18.2 Å². The summed E-state index contributed by atoms with van der Waals surface area (Å²) >= 11 is 0. The zero-order valence-electron chi connectivity index (χ0n) is 9.07. The van der Waals surface area contributed by atoms with Gasteiger partial charge in [-0.15, -0.1) is 0 Å². The van der Waals surface area contributed by atoms with Gasteiger partial charge in [-0.2, -0.15) is 0 Å². The Bertz CT molecular complexity index is 471. The summed E-state index contributed by atoms with van der Waals surface area (Å²) in [6, 6.07) is 8.59. The predicted octanol–water partition coefficient (Wildman–Crippen LogP) is 2.65. The van der Waals surface area contributed by atoms with E-state index in [0.717, 1.165) is 6.67 Å². The van der Waals surface area contributed by atoms with Crippen LogP contribution < -0.4 is 4.90 Å². The van der Waals surface area contributed by atoms with Gasteiger partial charge in [0.25, 0.3) is 0 Å². The highest BCUT2D eigenvalue weighted by Crippen LogP contribution is 2.37. The predicted molar refractivity (Wildman–Crippen MR) is 63.3 cm³/mol. The number of nitrogens with zero attached hydrogens (tertiary/aromatic N) is 2. The molecule has 0 spiro atoms. The van der Waals surface area contributed by atoms with Gasteiger partial charge in [-0.05, 0) is 24.6 Å². The summed E-state index contributed by atoms with van der Waals surface area (Å²) in [6.07, 6.45) is 4.45. The Morgan fingerprint density at radius 3 is 2.87 bits per heavy atom. The normalized spacial score (nSPS) is 18.3. The third kappa shape index (κ3) is 1.18. The Kier molecular flexibility index (Phi) is 1.66. The summed E-state index contributed by atoms with van der Waals surface area (Å²) in [4.78, 5) is 4.56. The highest BCUT2D eigenvalue weighted by molar-refractivity contribution is 5.83. The second-order valence-electron chi connectivity index (χ2n) is 4.22. The van der Waals surface area contributed by atoms with E-state index in [-0.39, 0.29) is 0 Å². The molecule has 0 unspecified atom stereocenters. The minimum absolute atomic E-state index is 0.954. The van der Waals surface area contributed by atoms with Crippen LogP contribution in [0.5, 0.6) is 0 Å². The molecule has 3 rings (SSSR count). The molecule has 76 valence electrons. The van der Waals surface area contributed by atoms with Gasteiger partial charge >= 0.3 is 0 Å². The maximum Gasteiger partial charge on any atom is 0.0945 e. The van der Waals surface area contributed by atoms with Crippen LogP contribution in [-0.2, 0) is 0 Å². The lowest BCUT2D eigenvalue weighted by atomic mass is 10.00. The lowest BCUT2D eigenvalue weighted by molar-refractivity contribution is 0.495. The van der Waals surface area contributed by atoms with Crippen molar-refractivity contribution in [3.8, 4) is 0 Å². The number of anilines is 1. The van der Waals surface area contributed by atoms with Gasteiger partial charge in [-0.3, -0.25) is 0 Å². The van der Waals surface area contributed by atoms with Crippen LogP contribution in [-0.4, -0.2) is 18.6 Å². The van der Waals surface area contributed by atoms with Gasteiger partial charge in [-0.25, -0.2) is 0 Å². The Hall–Kier alpha value is -1.70. The van der Waals surface area contributed by atoms with Crippen LogP contribution in [0, 0.1) is 0 Å². The second-order valence-corrected chi connectivity index (χ2v) is 4.22. The summed E-state index contributed by atoms with van der Waals surface area (Å²) in [6.45, 7) is 3.13. The molecule has 1 aromatic carbocycles. The van der Waals surface area contributed by atoms with Crippen molar-refractivity contribution in [1.29, 1.82) is 0 Å². The summed E-state index contributed by atoms with van der Waals surface area (Å²) in [5, 5.41) is 0. The van der Waals surface area contributed by atoms with Crippen molar-refractivity contribution < 1.29 is 0 Å². The van der Waals surface area contributed by atoms with Gasteiger partial charge in [0.15, 0.2) is 0 Å². The van der Waals surface area contributed by atoms with E-state index in [9.17, 15) is 0 Å². The highest BCUT2D eigenvalue weighted by atomic mass is 15.3. The topological polar surface area (TPSA) is 6.48 Å². The lowest BCUT2D eigenvalue weighted by Crippen LogP contribution is -2.26. The van der Waals surface area contributed by atoms with Crippen LogP contribution >= 0.6 is 0 Å². The Morgan fingerprint density at radius 1 is 1.20 bits per heavy atom. The van der Waals surface area contributed by atoms with Crippen molar-refractivity contribution in [3.63, 3.8) is 0 Å². The molecule has 0 bridgehead atoms. The van der Waals surface area contributed by atoms with E-state index in [1.165, 1.54) is 22.5 Å². The Labute approximate surface area is 90.1 Å². The molecule has 0 fully saturated rings. The monoisotopic (exact) mass is 198 g/mol. The average molecular weight is 198 g/mol. The van der Waals surface area contributed by atoms with Crippen molar-refractivity contribution in [1.82, 2.24) is 4.90 Å². The number of allylic oxidation sites excluding steroid dienone is 2. The molecule has 1 aromatic rings. The summed E-state index contributed by atoms with van der Waals surface area (Å²) < 4.78 is 0. The molecule has 0 aromatic heterocycles. The van der Waals surface area contributed by atoms with Crippen molar-refractivity contribution in [2.45, 2.75) is 6.92 Å². The Morgan fingerprint density at radius 2 is 2.00 bits per heavy atom. The van der Waals surface area contributed by atoms with Gasteiger partial charge in [0.05, 0.1) is 18.1 Å². The fraction of sp³-hybridized carbons (Fsp3) is 0.231. The molecule has 2 aliphatic heterocycles. The van der Waals surface area contributed by atoms with Crippen LogP contribution in [0.25, 0.3) is 5.57 Å². The van der Waals surface area contributed by atoms with Gasteiger partial charge in [0, 0.05) is 18.8 Å². The van der Waals surface area contributed by atoms with E-state index in [1.54, 1.807) is 0 Å². The highest BCUT2D eigenvalue weighted by Gasteiger charge is 2.24. The maximum absolute atomic E-state index is 2.35. The largest absolute Gasteiger partial charge is 0.361 e. The van der Waals surface area contributed by atoms with E-state index in [0.29, 0.717) is 0 Å². The molecular weight excluding hydrogens is 184 g/mol. The van der Waals surface area contributed by atoms with E-state index < -0.39 is 0 Å². The molecule has 0 saturated heterocycles. The molecule has 2 aliphatic rings. The molecule has 0 N–H and O–H groups in total. The van der Waals surface area contributed by atoms with Crippen LogP contribution in [0.3, 0.4) is 0 Å². The van der Waals surface area contributed by atoms with Crippen LogP contribution in [0.1, 0.15) is 12.5 Å². The summed E-state index contributed by atoms with van der Waals surface area (Å²) in [5.41, 5.74) is 5.33. The van der Waals surface area contributed by atoms with E-state index in [2.05, 4.69) is 60.3 Å². The lowest BCUT2D eigenvalue weighted by Gasteiger charge is -2.28. The molecule has 15 heavy (non-hydrogen) atoms. The number of para-hydroxylation sites is 1. The minimum Gasteiger partial charge on any atom is -0.361 e. The minimum atomic E-state index is 0.954. The van der Waals surface area contributed by atoms with Gasteiger partial charge in [0.1, 0.15) is 0 Å². The first-order valence-corrected chi connectivity index (χ1v) is 5.23. The average Bonchev–Trinajstić information content (AvgIpc) is 2.59. The molecule has 0 radical (unpaired) electrons. The van der Waals surface area contributed by atoms with Crippen LogP contribution in [0.15, 0.2) is 42.2 Å². The van der Waals surface area contributed by atoms with Gasteiger partial charge < -0.3 is 9.80 Å². The summed E-state index contributed by atoms with van der Waals surface area (Å²) in [5.74, 6) is 0. The second kappa shape index (κ2) is 2.89. The number of rotatable bonds is 0. The van der Waals surface area contributed by atoms with E-state index in [1.807, 2.05) is 0 Å². The van der Waals surface area contributed by atoms with E-state index in [4.69, 9.17) is 0 Å². The first-order valence-electron chi connectivity index (χ1n) is 5.23. The first kappa shape index (κ1) is 8.60. The number of benzene rings is 1. The zero-order chi connectivity index (χ0) is 10.4. The number of hydrogen-bond acceptors (Lipinski definition) is 2. The number of fused-ring (bicyclic) bond motifs is 3. The molecule has 0 atom stereocenters. The Balaban J connectivity index is 2.19. The molecule has 2 heteroatoms. The molecule has 0 aliphatic carbocycles. The van der Waals surface area contributed by atoms with Gasteiger partial charge in [0.2, 0.25) is 0 Å². The number of hydrogen-bond donors (Lipinski definition) is 0. The van der Waals surface area contributed by atoms with E-state index >= 15 is 0 Å². The molecule has 2 heterocycles. The van der Waals surface area contributed by atoms with Crippen molar-refractivity contribution in [2.75, 3.05) is 18.6 Å². The fourth-order valence-corrected chi connectivity index (χ4v) is 2.31. The van der Waals surface area contributed by atoms with Crippen LogP contribution in [0.2, 0.25) is 0 Å². The quantitative estimate of drug-likeness (QED) is 0.632. The zero-order valence-corrected chi connectivity index (χ0v) is 9.07. The van der Waals surface area contributed by atoms with Crippen LogP contribution in [0.4, 0.5) is 5.69 Å². The molecule has 0 saturated carbocycles. The molecule has 0 amide bonds. The summed E-state index contributed by atoms with van der Waals surface area (Å²) in [7, 11) is 2.11. The molecular formula is C13H14N2. The molecule has 2 nitrogen and oxygen atoms in total. The third-order valence-corrected chi connectivity index (χ3v) is 3.01.